The molecule has 1 fully saturated rings. The second kappa shape index (κ2) is 10.2. The number of ether oxygens (including phenoxy) is 2. The van der Waals surface area contributed by atoms with E-state index in [-0.39, 0.29) is 17.7 Å². The lowest BCUT2D eigenvalue weighted by Gasteiger charge is -2.14. The fraction of sp³-hybridized carbons (Fsp3) is 0.120. The number of imide groups is 1. The molecule has 0 aliphatic carbocycles. The van der Waals surface area contributed by atoms with Gasteiger partial charge in [0.15, 0.2) is 11.5 Å². The minimum Gasteiger partial charge on any atom is -0.493 e. The molecule has 0 atom stereocenters. The summed E-state index contributed by atoms with van der Waals surface area (Å²) in [6.45, 7) is 0.602. The van der Waals surface area contributed by atoms with Gasteiger partial charge < -0.3 is 9.47 Å². The third-order valence-electron chi connectivity index (χ3n) is 4.87. The number of thioether (sulfide) groups is 1. The SMILES string of the molecule is COc1cccc(/C=C2\SC(=O)N(Cc3ccc(I)cc3)C2=O)c1OCc1ccccc1. The average molecular weight is 557 g/mol. The maximum atomic E-state index is 13.0. The highest BCUT2D eigenvalue weighted by atomic mass is 127. The first-order chi connectivity index (χ1) is 15.5. The smallest absolute Gasteiger partial charge is 0.293 e. The number of methoxy groups -OCH3 is 1. The van der Waals surface area contributed by atoms with Crippen molar-refractivity contribution in [1.29, 1.82) is 0 Å². The molecule has 0 unspecified atom stereocenters. The molecule has 1 saturated heterocycles. The van der Waals surface area contributed by atoms with Gasteiger partial charge in [0.05, 0.1) is 18.6 Å². The molecule has 0 aromatic heterocycles. The third-order valence-corrected chi connectivity index (χ3v) is 6.50. The van der Waals surface area contributed by atoms with Crippen molar-refractivity contribution in [2.75, 3.05) is 7.11 Å². The van der Waals surface area contributed by atoms with E-state index in [2.05, 4.69) is 22.6 Å². The number of benzene rings is 3. The number of rotatable bonds is 7. The molecule has 0 bridgehead atoms. The van der Waals surface area contributed by atoms with Crippen LogP contribution in [0.1, 0.15) is 16.7 Å². The Morgan fingerprint density at radius 1 is 0.938 bits per heavy atom. The van der Waals surface area contributed by atoms with E-state index in [4.69, 9.17) is 9.47 Å². The van der Waals surface area contributed by atoms with Crippen LogP contribution in [0.4, 0.5) is 4.79 Å². The van der Waals surface area contributed by atoms with Crippen LogP contribution in [0.2, 0.25) is 0 Å². The van der Waals surface area contributed by atoms with Gasteiger partial charge in [0.2, 0.25) is 0 Å². The van der Waals surface area contributed by atoms with Crippen LogP contribution < -0.4 is 9.47 Å². The lowest BCUT2D eigenvalue weighted by atomic mass is 10.1. The van der Waals surface area contributed by atoms with E-state index >= 15 is 0 Å². The van der Waals surface area contributed by atoms with Gasteiger partial charge in [-0.05, 0) is 69.8 Å². The van der Waals surface area contributed by atoms with Gasteiger partial charge in [-0.15, -0.1) is 0 Å². The summed E-state index contributed by atoms with van der Waals surface area (Å²) in [5.41, 5.74) is 2.60. The van der Waals surface area contributed by atoms with Crippen LogP contribution in [0, 0.1) is 3.57 Å². The van der Waals surface area contributed by atoms with E-state index in [1.807, 2.05) is 66.7 Å². The molecule has 1 heterocycles. The van der Waals surface area contributed by atoms with Crippen molar-refractivity contribution in [3.05, 3.63) is 98.0 Å². The Kier molecular flexibility index (Phi) is 7.16. The fourth-order valence-corrected chi connectivity index (χ4v) is 4.43. The summed E-state index contributed by atoms with van der Waals surface area (Å²) in [6, 6.07) is 23.0. The highest BCUT2D eigenvalue weighted by Gasteiger charge is 2.35. The molecule has 0 saturated carbocycles. The number of carbonyl (C=O) groups excluding carboxylic acids is 2. The van der Waals surface area contributed by atoms with Crippen molar-refractivity contribution in [3.8, 4) is 11.5 Å². The van der Waals surface area contributed by atoms with Crippen LogP contribution >= 0.6 is 34.4 Å². The standard InChI is InChI=1S/C25H20INO4S/c1-30-21-9-5-8-19(23(21)31-16-18-6-3-2-4-7-18)14-22-24(28)27(25(29)32-22)15-17-10-12-20(26)13-11-17/h2-14H,15-16H2,1H3/b22-14-. The Bertz CT molecular complexity index is 1160. The zero-order valence-corrected chi connectivity index (χ0v) is 20.3. The second-order valence-corrected chi connectivity index (χ2v) is 9.29. The summed E-state index contributed by atoms with van der Waals surface area (Å²) < 4.78 is 12.6. The summed E-state index contributed by atoms with van der Waals surface area (Å²) in [4.78, 5) is 27.2. The van der Waals surface area contributed by atoms with Crippen LogP contribution in [-0.2, 0) is 17.9 Å². The van der Waals surface area contributed by atoms with Crippen molar-refractivity contribution in [2.45, 2.75) is 13.2 Å². The predicted molar refractivity (Wildman–Crippen MR) is 134 cm³/mol. The highest BCUT2D eigenvalue weighted by Crippen LogP contribution is 2.38. The molecule has 1 aliphatic heterocycles. The normalized spacial score (nSPS) is 14.8. The van der Waals surface area contributed by atoms with Gasteiger partial charge in [0, 0.05) is 9.13 Å². The van der Waals surface area contributed by atoms with Crippen molar-refractivity contribution >= 4 is 51.6 Å². The Morgan fingerprint density at radius 2 is 1.69 bits per heavy atom. The van der Waals surface area contributed by atoms with Crippen LogP contribution in [0.5, 0.6) is 11.5 Å². The molecule has 32 heavy (non-hydrogen) atoms. The van der Waals surface area contributed by atoms with Gasteiger partial charge in [-0.25, -0.2) is 0 Å². The second-order valence-electron chi connectivity index (χ2n) is 7.05. The minimum atomic E-state index is -0.310. The molecule has 2 amide bonds. The summed E-state index contributed by atoms with van der Waals surface area (Å²) in [7, 11) is 1.57. The van der Waals surface area contributed by atoms with E-state index in [1.54, 1.807) is 19.3 Å². The molecular formula is C25H20INO4S. The Morgan fingerprint density at radius 3 is 2.41 bits per heavy atom. The van der Waals surface area contributed by atoms with Crippen molar-refractivity contribution in [3.63, 3.8) is 0 Å². The molecule has 0 radical (unpaired) electrons. The summed E-state index contributed by atoms with van der Waals surface area (Å²) in [5.74, 6) is 0.784. The molecule has 5 nitrogen and oxygen atoms in total. The number of hydrogen-bond acceptors (Lipinski definition) is 5. The first kappa shape index (κ1) is 22.4. The van der Waals surface area contributed by atoms with E-state index in [0.29, 0.717) is 28.6 Å². The summed E-state index contributed by atoms with van der Waals surface area (Å²) >= 11 is 3.16. The topological polar surface area (TPSA) is 55.8 Å². The molecule has 3 aromatic carbocycles. The maximum Gasteiger partial charge on any atom is 0.293 e. The minimum absolute atomic E-state index is 0.244. The van der Waals surface area contributed by atoms with Crippen LogP contribution in [0.15, 0.2) is 77.7 Å². The molecule has 7 heteroatoms. The number of para-hydroxylation sites is 1. The first-order valence-electron chi connectivity index (χ1n) is 9.88. The zero-order valence-electron chi connectivity index (χ0n) is 17.3. The first-order valence-corrected chi connectivity index (χ1v) is 11.8. The molecule has 3 aromatic rings. The van der Waals surface area contributed by atoms with Crippen LogP contribution in [0.3, 0.4) is 0 Å². The quantitative estimate of drug-likeness (QED) is 0.259. The Balaban J connectivity index is 1.58. The van der Waals surface area contributed by atoms with Crippen molar-refractivity contribution < 1.29 is 19.1 Å². The van der Waals surface area contributed by atoms with Gasteiger partial charge in [-0.1, -0.05) is 54.6 Å². The summed E-state index contributed by atoms with van der Waals surface area (Å²) in [6.07, 6.45) is 1.70. The lowest BCUT2D eigenvalue weighted by molar-refractivity contribution is -0.123. The van der Waals surface area contributed by atoms with Gasteiger partial charge in [-0.3, -0.25) is 14.5 Å². The maximum absolute atomic E-state index is 13.0. The number of carbonyl (C=O) groups is 2. The van der Waals surface area contributed by atoms with Gasteiger partial charge in [-0.2, -0.15) is 0 Å². The predicted octanol–water partition coefficient (Wildman–Crippen LogP) is 6.12. The fourth-order valence-electron chi connectivity index (χ4n) is 3.24. The van der Waals surface area contributed by atoms with E-state index in [1.165, 1.54) is 4.90 Å². The molecule has 162 valence electrons. The van der Waals surface area contributed by atoms with Gasteiger partial charge in [0.1, 0.15) is 6.61 Å². The molecular weight excluding hydrogens is 537 g/mol. The number of nitrogens with zero attached hydrogens (tertiary/aromatic N) is 1. The van der Waals surface area contributed by atoms with Gasteiger partial charge >= 0.3 is 0 Å². The number of hydrogen-bond donors (Lipinski definition) is 0. The zero-order chi connectivity index (χ0) is 22.5. The van der Waals surface area contributed by atoms with E-state index in [0.717, 1.165) is 26.5 Å². The molecule has 4 rings (SSSR count). The van der Waals surface area contributed by atoms with E-state index in [9.17, 15) is 9.59 Å². The highest BCUT2D eigenvalue weighted by molar-refractivity contribution is 14.1. The number of amides is 2. The molecule has 0 N–H and O–H groups in total. The molecule has 0 spiro atoms. The number of halogens is 1. The van der Waals surface area contributed by atoms with Crippen LogP contribution in [-0.4, -0.2) is 23.2 Å². The van der Waals surface area contributed by atoms with Crippen molar-refractivity contribution in [2.24, 2.45) is 0 Å². The largest absolute Gasteiger partial charge is 0.493 e. The Hall–Kier alpha value is -2.78. The third kappa shape index (κ3) is 5.16. The van der Waals surface area contributed by atoms with E-state index < -0.39 is 0 Å². The monoisotopic (exact) mass is 557 g/mol. The lowest BCUT2D eigenvalue weighted by Crippen LogP contribution is -2.27. The van der Waals surface area contributed by atoms with Gasteiger partial charge in [0.25, 0.3) is 11.1 Å². The van der Waals surface area contributed by atoms with Crippen molar-refractivity contribution in [1.82, 2.24) is 4.90 Å². The average Bonchev–Trinajstić information content (AvgIpc) is 3.07. The molecule has 1 aliphatic rings. The van der Waals surface area contributed by atoms with Crippen LogP contribution in [0.25, 0.3) is 6.08 Å². The Labute approximate surface area is 204 Å². The summed E-state index contributed by atoms with van der Waals surface area (Å²) in [5, 5.41) is -0.283.